The van der Waals surface area contributed by atoms with Crippen molar-refractivity contribution in [1.82, 2.24) is 10.6 Å². The third kappa shape index (κ3) is 5.38. The van der Waals surface area contributed by atoms with E-state index in [1.54, 1.807) is 0 Å². The van der Waals surface area contributed by atoms with Gasteiger partial charge in [0.1, 0.15) is 0 Å². The maximum atomic E-state index is 12.6. The maximum Gasteiger partial charge on any atom is 0.416 e. The molecule has 0 spiro atoms. The predicted molar refractivity (Wildman–Crippen MR) is 101 cm³/mol. The second-order valence-corrected chi connectivity index (χ2v) is 7.53. The molecule has 156 valence electrons. The summed E-state index contributed by atoms with van der Waals surface area (Å²) in [7, 11) is 0. The molecule has 2 aliphatic carbocycles. The van der Waals surface area contributed by atoms with E-state index in [-0.39, 0.29) is 42.5 Å². The van der Waals surface area contributed by atoms with E-state index in [0.717, 1.165) is 56.4 Å². The van der Waals surface area contributed by atoms with Gasteiger partial charge in [-0.25, -0.2) is 0 Å². The maximum absolute atomic E-state index is 12.6. The summed E-state index contributed by atoms with van der Waals surface area (Å²) in [4.78, 5) is 24.3. The molecule has 0 radical (unpaired) electrons. The Bertz CT molecular complexity index is 683. The van der Waals surface area contributed by atoms with Gasteiger partial charge in [-0.1, -0.05) is 6.42 Å². The van der Waals surface area contributed by atoms with E-state index in [4.69, 9.17) is 5.73 Å². The van der Waals surface area contributed by atoms with Gasteiger partial charge in [0.25, 0.3) is 5.91 Å². The largest absolute Gasteiger partial charge is 0.416 e. The SMILES string of the molecule is Cl.NC1CC2CCCC(C1)C2NC(=O)CNC(=O)c1ccc(C(F)(F)F)cc1. The highest BCUT2D eigenvalue weighted by Crippen LogP contribution is 2.39. The first-order valence-electron chi connectivity index (χ1n) is 9.24. The summed E-state index contributed by atoms with van der Waals surface area (Å²) in [5, 5.41) is 5.48. The molecule has 4 N–H and O–H groups in total. The van der Waals surface area contributed by atoms with Crippen LogP contribution >= 0.6 is 12.4 Å². The third-order valence-corrected chi connectivity index (χ3v) is 5.59. The average molecular weight is 420 g/mol. The minimum Gasteiger partial charge on any atom is -0.351 e. The number of nitrogens with one attached hydrogen (secondary N) is 2. The Kier molecular flexibility index (Phi) is 7.33. The van der Waals surface area contributed by atoms with Crippen molar-refractivity contribution in [3.05, 3.63) is 35.4 Å². The number of hydrogen-bond donors (Lipinski definition) is 3. The Morgan fingerprint density at radius 2 is 1.64 bits per heavy atom. The van der Waals surface area contributed by atoms with Crippen LogP contribution in [0.5, 0.6) is 0 Å². The summed E-state index contributed by atoms with van der Waals surface area (Å²) >= 11 is 0. The summed E-state index contributed by atoms with van der Waals surface area (Å²) in [6, 6.07) is 4.18. The standard InChI is InChI=1S/C19H24F3N3O2.ClH/c20-19(21,22)14-6-4-11(5-7-14)18(27)24-10-16(26)25-17-12-2-1-3-13(17)9-15(23)8-12;/h4-7,12-13,15,17H,1-3,8-10,23H2,(H,24,27)(H,25,26);1H. The fourth-order valence-corrected chi connectivity index (χ4v) is 4.33. The normalized spacial score (nSPS) is 26.7. The van der Waals surface area contributed by atoms with Crippen LogP contribution < -0.4 is 16.4 Å². The van der Waals surface area contributed by atoms with Gasteiger partial charge in [-0.2, -0.15) is 13.2 Å². The van der Waals surface area contributed by atoms with Crippen molar-refractivity contribution in [1.29, 1.82) is 0 Å². The molecule has 2 atom stereocenters. The van der Waals surface area contributed by atoms with E-state index in [1.807, 2.05) is 0 Å². The summed E-state index contributed by atoms with van der Waals surface area (Å²) in [6.07, 6.45) is 0.605. The van der Waals surface area contributed by atoms with Crippen LogP contribution in [0, 0.1) is 11.8 Å². The van der Waals surface area contributed by atoms with Crippen LogP contribution in [0.2, 0.25) is 0 Å². The van der Waals surface area contributed by atoms with Crippen LogP contribution in [0.1, 0.15) is 48.0 Å². The van der Waals surface area contributed by atoms with Gasteiger partial charge in [0.15, 0.2) is 0 Å². The van der Waals surface area contributed by atoms with Gasteiger partial charge < -0.3 is 16.4 Å². The number of rotatable bonds is 4. The third-order valence-electron chi connectivity index (χ3n) is 5.59. The van der Waals surface area contributed by atoms with Gasteiger partial charge in [0, 0.05) is 17.6 Å². The van der Waals surface area contributed by atoms with E-state index in [1.165, 1.54) is 0 Å². The number of benzene rings is 1. The number of carbonyl (C=O) groups is 2. The molecule has 28 heavy (non-hydrogen) atoms. The molecule has 1 aromatic carbocycles. The van der Waals surface area contributed by atoms with Crippen LogP contribution in [-0.4, -0.2) is 30.4 Å². The molecule has 2 aliphatic rings. The molecule has 0 aromatic heterocycles. The zero-order chi connectivity index (χ0) is 19.6. The lowest BCUT2D eigenvalue weighted by Crippen LogP contribution is -2.55. The molecule has 3 rings (SSSR count). The quantitative estimate of drug-likeness (QED) is 0.701. The molecule has 2 saturated carbocycles. The van der Waals surface area contributed by atoms with Crippen molar-refractivity contribution in [2.75, 3.05) is 6.54 Å². The summed E-state index contributed by atoms with van der Waals surface area (Å²) in [5.41, 5.74) is 5.34. The molecule has 2 amide bonds. The summed E-state index contributed by atoms with van der Waals surface area (Å²) in [6.45, 7) is -0.206. The van der Waals surface area contributed by atoms with Crippen LogP contribution in [0.15, 0.2) is 24.3 Å². The lowest BCUT2D eigenvalue weighted by atomic mass is 9.67. The van der Waals surface area contributed by atoms with Crippen molar-refractivity contribution in [3.63, 3.8) is 0 Å². The first-order valence-corrected chi connectivity index (χ1v) is 9.24. The molecule has 5 nitrogen and oxygen atoms in total. The first kappa shape index (κ1) is 22.5. The van der Waals surface area contributed by atoms with Crippen molar-refractivity contribution in [2.24, 2.45) is 17.6 Å². The Labute approximate surface area is 168 Å². The van der Waals surface area contributed by atoms with E-state index in [0.29, 0.717) is 11.8 Å². The number of alkyl halides is 3. The second kappa shape index (κ2) is 9.13. The molecule has 2 bridgehead atoms. The van der Waals surface area contributed by atoms with Crippen molar-refractivity contribution in [2.45, 2.75) is 50.4 Å². The zero-order valence-corrected chi connectivity index (χ0v) is 16.1. The van der Waals surface area contributed by atoms with Crippen molar-refractivity contribution < 1.29 is 22.8 Å². The second-order valence-electron chi connectivity index (χ2n) is 7.53. The van der Waals surface area contributed by atoms with Gasteiger partial charge in [-0.3, -0.25) is 9.59 Å². The van der Waals surface area contributed by atoms with E-state index >= 15 is 0 Å². The average Bonchev–Trinajstić information content (AvgIpc) is 2.60. The molecule has 2 unspecified atom stereocenters. The fraction of sp³-hybridized carbons (Fsp3) is 0.579. The van der Waals surface area contributed by atoms with Crippen LogP contribution in [0.4, 0.5) is 13.2 Å². The Morgan fingerprint density at radius 1 is 1.07 bits per heavy atom. The Hall–Kier alpha value is -1.80. The molecular formula is C19H25ClF3N3O2. The number of amides is 2. The highest BCUT2D eigenvalue weighted by Gasteiger charge is 2.39. The monoisotopic (exact) mass is 419 g/mol. The van der Waals surface area contributed by atoms with E-state index in [9.17, 15) is 22.8 Å². The highest BCUT2D eigenvalue weighted by atomic mass is 35.5. The summed E-state index contributed by atoms with van der Waals surface area (Å²) in [5.74, 6) is -0.110. The predicted octanol–water partition coefficient (Wildman–Crippen LogP) is 2.88. The molecule has 9 heteroatoms. The van der Waals surface area contributed by atoms with Crippen molar-refractivity contribution in [3.8, 4) is 0 Å². The number of nitrogens with two attached hydrogens (primary N) is 1. The lowest BCUT2D eigenvalue weighted by molar-refractivity contribution is -0.137. The Morgan fingerprint density at radius 3 is 2.18 bits per heavy atom. The number of hydrogen-bond acceptors (Lipinski definition) is 3. The Balaban J connectivity index is 0.00000280. The lowest BCUT2D eigenvalue weighted by Gasteiger charge is -2.45. The first-order chi connectivity index (χ1) is 12.7. The van der Waals surface area contributed by atoms with E-state index < -0.39 is 17.6 Å². The van der Waals surface area contributed by atoms with Crippen LogP contribution in [0.25, 0.3) is 0 Å². The molecule has 1 aromatic rings. The molecular weight excluding hydrogens is 395 g/mol. The van der Waals surface area contributed by atoms with Crippen LogP contribution in [-0.2, 0) is 11.0 Å². The number of fused-ring (bicyclic) bond motifs is 2. The highest BCUT2D eigenvalue weighted by molar-refractivity contribution is 5.96. The smallest absolute Gasteiger partial charge is 0.351 e. The van der Waals surface area contributed by atoms with Crippen LogP contribution in [0.3, 0.4) is 0 Å². The van der Waals surface area contributed by atoms with Crippen molar-refractivity contribution >= 4 is 24.2 Å². The zero-order valence-electron chi connectivity index (χ0n) is 15.3. The summed E-state index contributed by atoms with van der Waals surface area (Å²) < 4.78 is 37.7. The molecule has 2 fully saturated rings. The van der Waals surface area contributed by atoms with Gasteiger partial charge >= 0.3 is 6.18 Å². The van der Waals surface area contributed by atoms with Gasteiger partial charge in [-0.15, -0.1) is 12.4 Å². The molecule has 0 heterocycles. The van der Waals surface area contributed by atoms with Gasteiger partial charge in [0.05, 0.1) is 12.1 Å². The van der Waals surface area contributed by atoms with E-state index in [2.05, 4.69) is 10.6 Å². The number of carbonyl (C=O) groups excluding carboxylic acids is 2. The molecule has 0 aliphatic heterocycles. The minimum atomic E-state index is -4.45. The fourth-order valence-electron chi connectivity index (χ4n) is 4.33. The number of halogens is 4. The topological polar surface area (TPSA) is 84.2 Å². The minimum absolute atomic E-state index is 0. The molecule has 0 saturated heterocycles. The van der Waals surface area contributed by atoms with Gasteiger partial charge in [-0.05, 0) is 61.8 Å². The van der Waals surface area contributed by atoms with Gasteiger partial charge in [0.2, 0.25) is 5.91 Å².